The molecule has 2 heterocycles. The van der Waals surface area contributed by atoms with Crippen molar-refractivity contribution in [3.05, 3.63) is 24.2 Å². The SMILES string of the molecule is CC.CC1CNC(=O)O1.Cc1ccco1. The van der Waals surface area contributed by atoms with Gasteiger partial charge >= 0.3 is 6.09 Å². The van der Waals surface area contributed by atoms with Crippen LogP contribution in [0.1, 0.15) is 26.5 Å². The zero-order valence-corrected chi connectivity index (χ0v) is 9.74. The molecule has 0 aromatic carbocycles. The van der Waals surface area contributed by atoms with Crippen molar-refractivity contribution in [3.8, 4) is 0 Å². The van der Waals surface area contributed by atoms with E-state index >= 15 is 0 Å². The van der Waals surface area contributed by atoms with Gasteiger partial charge in [0.05, 0.1) is 12.8 Å². The average Bonchev–Trinajstić information content (AvgIpc) is 2.82. The lowest BCUT2D eigenvalue weighted by Gasteiger charge is -1.92. The van der Waals surface area contributed by atoms with Gasteiger partial charge in [0.2, 0.25) is 0 Å². The summed E-state index contributed by atoms with van der Waals surface area (Å²) in [5.41, 5.74) is 0. The van der Waals surface area contributed by atoms with E-state index in [1.807, 2.05) is 39.8 Å². The van der Waals surface area contributed by atoms with Gasteiger partial charge in [-0.05, 0) is 26.0 Å². The van der Waals surface area contributed by atoms with Crippen molar-refractivity contribution in [2.45, 2.75) is 33.8 Å². The van der Waals surface area contributed by atoms with Crippen molar-refractivity contribution in [2.75, 3.05) is 6.54 Å². The largest absolute Gasteiger partial charge is 0.470 e. The molecule has 4 nitrogen and oxygen atoms in total. The smallest absolute Gasteiger partial charge is 0.407 e. The summed E-state index contributed by atoms with van der Waals surface area (Å²) in [5, 5.41) is 2.51. The zero-order valence-electron chi connectivity index (χ0n) is 9.74. The van der Waals surface area contributed by atoms with E-state index in [-0.39, 0.29) is 12.2 Å². The fourth-order valence-corrected chi connectivity index (χ4v) is 0.854. The first kappa shape index (κ1) is 13.5. The predicted molar refractivity (Wildman–Crippen MR) is 58.7 cm³/mol. The van der Waals surface area contributed by atoms with Crippen molar-refractivity contribution < 1.29 is 13.9 Å². The van der Waals surface area contributed by atoms with Gasteiger partial charge in [0.15, 0.2) is 0 Å². The second kappa shape index (κ2) is 7.91. The van der Waals surface area contributed by atoms with Crippen LogP contribution in [0.5, 0.6) is 0 Å². The van der Waals surface area contributed by atoms with Crippen LogP contribution in [0.3, 0.4) is 0 Å². The van der Waals surface area contributed by atoms with Gasteiger partial charge in [-0.25, -0.2) is 4.79 Å². The Balaban J connectivity index is 0.000000227. The van der Waals surface area contributed by atoms with E-state index in [0.717, 1.165) is 5.76 Å². The molecule has 0 bridgehead atoms. The van der Waals surface area contributed by atoms with Crippen LogP contribution >= 0.6 is 0 Å². The minimum atomic E-state index is -0.299. The number of carbonyl (C=O) groups excluding carboxylic acids is 1. The Morgan fingerprint density at radius 3 is 2.27 bits per heavy atom. The molecule has 15 heavy (non-hydrogen) atoms. The van der Waals surface area contributed by atoms with Gasteiger partial charge in [0.25, 0.3) is 0 Å². The summed E-state index contributed by atoms with van der Waals surface area (Å²) >= 11 is 0. The molecule has 1 aromatic rings. The van der Waals surface area contributed by atoms with Crippen LogP contribution < -0.4 is 5.32 Å². The quantitative estimate of drug-likeness (QED) is 0.721. The van der Waals surface area contributed by atoms with Gasteiger partial charge in [0.1, 0.15) is 11.9 Å². The van der Waals surface area contributed by atoms with Gasteiger partial charge in [-0.1, -0.05) is 13.8 Å². The molecule has 1 aliphatic rings. The number of alkyl carbamates (subject to hydrolysis) is 1. The Morgan fingerprint density at radius 1 is 1.47 bits per heavy atom. The molecule has 86 valence electrons. The standard InChI is InChI=1S/C5H6O.C4H7NO2.C2H6/c1-5-3-2-4-6-5;1-3-2-5-4(6)7-3;1-2/h2-4H,1H3;3H,2H2,1H3,(H,5,6);1-2H3. The molecule has 1 atom stereocenters. The van der Waals surface area contributed by atoms with Crippen LogP contribution in [0.25, 0.3) is 0 Å². The fourth-order valence-electron chi connectivity index (χ4n) is 0.854. The van der Waals surface area contributed by atoms with E-state index < -0.39 is 0 Å². The minimum Gasteiger partial charge on any atom is -0.470 e. The summed E-state index contributed by atoms with van der Waals surface area (Å²) < 4.78 is 9.44. The number of aryl methyl sites for hydroxylation is 1. The maximum absolute atomic E-state index is 10.1. The van der Waals surface area contributed by atoms with Crippen molar-refractivity contribution in [3.63, 3.8) is 0 Å². The summed E-state index contributed by atoms with van der Waals surface area (Å²) in [6.07, 6.45) is 1.43. The minimum absolute atomic E-state index is 0.0625. The van der Waals surface area contributed by atoms with Crippen LogP contribution in [0.15, 0.2) is 22.8 Å². The monoisotopic (exact) mass is 213 g/mol. The number of cyclic esters (lactones) is 1. The number of ether oxygens (including phenoxy) is 1. The van der Waals surface area contributed by atoms with Crippen LogP contribution in [0, 0.1) is 6.92 Å². The van der Waals surface area contributed by atoms with Crippen LogP contribution in [0.2, 0.25) is 0 Å². The van der Waals surface area contributed by atoms with Gasteiger partial charge in [-0.15, -0.1) is 0 Å². The van der Waals surface area contributed by atoms with E-state index in [2.05, 4.69) is 10.1 Å². The Morgan fingerprint density at radius 2 is 2.13 bits per heavy atom. The highest BCUT2D eigenvalue weighted by atomic mass is 16.6. The van der Waals surface area contributed by atoms with Gasteiger partial charge in [0, 0.05) is 0 Å². The van der Waals surface area contributed by atoms with Crippen molar-refractivity contribution in [1.82, 2.24) is 5.32 Å². The number of amides is 1. The fraction of sp³-hybridized carbons (Fsp3) is 0.545. The Labute approximate surface area is 90.6 Å². The van der Waals surface area contributed by atoms with Crippen LogP contribution in [0.4, 0.5) is 4.79 Å². The summed E-state index contributed by atoms with van der Waals surface area (Å²) in [7, 11) is 0. The molecule has 1 saturated heterocycles. The first-order valence-corrected chi connectivity index (χ1v) is 5.13. The molecule has 2 rings (SSSR count). The molecular weight excluding hydrogens is 194 g/mol. The molecular formula is C11H19NO3. The summed E-state index contributed by atoms with van der Waals surface area (Å²) in [5.74, 6) is 0.968. The van der Waals surface area contributed by atoms with E-state index in [1.165, 1.54) is 0 Å². The number of hydrogen-bond acceptors (Lipinski definition) is 3. The molecule has 0 aliphatic carbocycles. The third kappa shape index (κ3) is 6.60. The van der Waals surface area contributed by atoms with E-state index in [0.29, 0.717) is 6.54 Å². The lowest BCUT2D eigenvalue weighted by Crippen LogP contribution is -2.12. The highest BCUT2D eigenvalue weighted by Gasteiger charge is 2.16. The van der Waals surface area contributed by atoms with E-state index in [1.54, 1.807) is 6.26 Å². The van der Waals surface area contributed by atoms with Crippen molar-refractivity contribution >= 4 is 6.09 Å². The maximum atomic E-state index is 10.1. The molecule has 1 unspecified atom stereocenters. The van der Waals surface area contributed by atoms with E-state index in [4.69, 9.17) is 4.42 Å². The summed E-state index contributed by atoms with van der Waals surface area (Å²) in [6.45, 7) is 8.41. The topological polar surface area (TPSA) is 51.5 Å². The molecule has 0 spiro atoms. The van der Waals surface area contributed by atoms with Crippen LogP contribution in [-0.4, -0.2) is 18.7 Å². The average molecular weight is 213 g/mol. The van der Waals surface area contributed by atoms with Crippen LogP contribution in [-0.2, 0) is 4.74 Å². The Kier molecular flexibility index (Phi) is 7.14. The number of hydrogen-bond donors (Lipinski definition) is 1. The lowest BCUT2D eigenvalue weighted by molar-refractivity contribution is 0.148. The maximum Gasteiger partial charge on any atom is 0.407 e. The molecule has 1 amide bonds. The molecule has 0 saturated carbocycles. The molecule has 1 aromatic heterocycles. The molecule has 4 heteroatoms. The third-order valence-corrected chi connectivity index (χ3v) is 1.51. The first-order chi connectivity index (χ1) is 7.18. The number of furan rings is 1. The number of carbonyl (C=O) groups is 1. The highest BCUT2D eigenvalue weighted by molar-refractivity contribution is 5.69. The van der Waals surface area contributed by atoms with Crippen molar-refractivity contribution in [2.24, 2.45) is 0 Å². The Bertz CT molecular complexity index is 257. The molecule has 1 N–H and O–H groups in total. The second-order valence-electron chi connectivity index (χ2n) is 2.82. The van der Waals surface area contributed by atoms with Gasteiger partial charge in [-0.2, -0.15) is 0 Å². The highest BCUT2D eigenvalue weighted by Crippen LogP contribution is 1.95. The molecule has 0 radical (unpaired) electrons. The second-order valence-corrected chi connectivity index (χ2v) is 2.82. The molecule has 1 fully saturated rings. The van der Waals surface area contributed by atoms with Gasteiger partial charge in [-0.3, -0.25) is 0 Å². The third-order valence-electron chi connectivity index (χ3n) is 1.51. The zero-order chi connectivity index (χ0) is 11.7. The van der Waals surface area contributed by atoms with E-state index in [9.17, 15) is 4.79 Å². The number of rotatable bonds is 0. The first-order valence-electron chi connectivity index (χ1n) is 5.13. The summed E-state index contributed by atoms with van der Waals surface area (Å²) in [6, 6.07) is 3.79. The lowest BCUT2D eigenvalue weighted by atomic mass is 10.4. The normalized spacial score (nSPS) is 17.6. The van der Waals surface area contributed by atoms with Crippen molar-refractivity contribution in [1.29, 1.82) is 0 Å². The predicted octanol–water partition coefficient (Wildman–Crippen LogP) is 2.73. The number of nitrogens with one attached hydrogen (secondary N) is 1. The summed E-state index contributed by atoms with van der Waals surface area (Å²) in [4.78, 5) is 10.1. The molecule has 1 aliphatic heterocycles. The van der Waals surface area contributed by atoms with Gasteiger partial charge < -0.3 is 14.5 Å². The Hall–Kier alpha value is -1.45.